The number of carboxylic acids is 1. The summed E-state index contributed by atoms with van der Waals surface area (Å²) in [5, 5.41) is 12.0. The summed E-state index contributed by atoms with van der Waals surface area (Å²) in [5.74, 6) is -0.775. The molecular weight excluding hydrogens is 366 g/mol. The molecule has 120 valence electrons. The molecule has 0 aliphatic carbocycles. The summed E-state index contributed by atoms with van der Waals surface area (Å²) in [6.45, 7) is 0.590. The molecule has 0 fully saturated rings. The van der Waals surface area contributed by atoms with Gasteiger partial charge in [0, 0.05) is 23.1 Å². The first kappa shape index (κ1) is 15.2. The van der Waals surface area contributed by atoms with Crippen LogP contribution in [0.25, 0.3) is 10.8 Å². The van der Waals surface area contributed by atoms with Crippen LogP contribution in [0.3, 0.4) is 0 Å². The predicted octanol–water partition coefficient (Wildman–Crippen LogP) is 4.62. The number of anilines is 1. The summed E-state index contributed by atoms with van der Waals surface area (Å²) in [4.78, 5) is 13.8. The Balaban J connectivity index is 1.78. The number of benzene rings is 3. The largest absolute Gasteiger partial charge is 0.480 e. The van der Waals surface area contributed by atoms with Crippen molar-refractivity contribution in [1.82, 2.24) is 0 Å². The lowest BCUT2D eigenvalue weighted by Gasteiger charge is -2.25. The van der Waals surface area contributed by atoms with E-state index in [2.05, 4.69) is 40.2 Å². The van der Waals surface area contributed by atoms with Crippen molar-refractivity contribution in [1.29, 1.82) is 0 Å². The van der Waals surface area contributed by atoms with Crippen LogP contribution < -0.4 is 4.90 Å². The van der Waals surface area contributed by atoms with E-state index >= 15 is 0 Å². The van der Waals surface area contributed by atoms with Crippen molar-refractivity contribution in [3.05, 3.63) is 76.3 Å². The fraction of sp³-hybridized carbons (Fsp3) is 0.150. The van der Waals surface area contributed by atoms with E-state index in [9.17, 15) is 9.90 Å². The lowest BCUT2D eigenvalue weighted by atomic mass is 10.0. The zero-order valence-corrected chi connectivity index (χ0v) is 14.5. The average Bonchev–Trinajstić information content (AvgIpc) is 2.93. The van der Waals surface area contributed by atoms with Crippen LogP contribution >= 0.6 is 15.9 Å². The zero-order valence-electron chi connectivity index (χ0n) is 12.9. The molecule has 1 heterocycles. The molecule has 1 atom stereocenters. The topological polar surface area (TPSA) is 40.5 Å². The smallest absolute Gasteiger partial charge is 0.326 e. The summed E-state index contributed by atoms with van der Waals surface area (Å²) in [6.07, 6.45) is 0.537. The van der Waals surface area contributed by atoms with Gasteiger partial charge < -0.3 is 10.0 Å². The summed E-state index contributed by atoms with van der Waals surface area (Å²) in [6, 6.07) is 19.9. The van der Waals surface area contributed by atoms with E-state index in [-0.39, 0.29) is 0 Å². The Morgan fingerprint density at radius 2 is 1.92 bits per heavy atom. The molecule has 1 unspecified atom stereocenters. The fourth-order valence-electron chi connectivity index (χ4n) is 3.51. The first-order valence-electron chi connectivity index (χ1n) is 7.88. The van der Waals surface area contributed by atoms with Gasteiger partial charge in [0.25, 0.3) is 0 Å². The van der Waals surface area contributed by atoms with Crippen LogP contribution in [0.1, 0.15) is 11.1 Å². The van der Waals surface area contributed by atoms with Gasteiger partial charge >= 0.3 is 5.97 Å². The quantitative estimate of drug-likeness (QED) is 0.719. The van der Waals surface area contributed by atoms with Gasteiger partial charge in [-0.3, -0.25) is 0 Å². The first-order chi connectivity index (χ1) is 11.6. The predicted molar refractivity (Wildman–Crippen MR) is 99.4 cm³/mol. The molecular formula is C20H16BrNO2. The molecule has 0 amide bonds. The number of rotatable bonds is 3. The van der Waals surface area contributed by atoms with Crippen LogP contribution in [0.4, 0.5) is 5.69 Å². The van der Waals surface area contributed by atoms with Crippen molar-refractivity contribution in [2.75, 3.05) is 4.90 Å². The summed E-state index contributed by atoms with van der Waals surface area (Å²) in [5.41, 5.74) is 3.24. The van der Waals surface area contributed by atoms with Crippen LogP contribution in [0.2, 0.25) is 0 Å². The molecule has 0 saturated carbocycles. The maximum atomic E-state index is 11.8. The van der Waals surface area contributed by atoms with E-state index in [4.69, 9.17) is 0 Å². The van der Waals surface area contributed by atoms with Crippen LogP contribution in [-0.2, 0) is 17.8 Å². The van der Waals surface area contributed by atoms with Gasteiger partial charge in [-0.25, -0.2) is 4.79 Å². The van der Waals surface area contributed by atoms with E-state index in [0.717, 1.165) is 21.3 Å². The maximum absolute atomic E-state index is 11.8. The summed E-state index contributed by atoms with van der Waals surface area (Å²) < 4.78 is 0.984. The van der Waals surface area contributed by atoms with Gasteiger partial charge in [0.1, 0.15) is 6.04 Å². The lowest BCUT2D eigenvalue weighted by Crippen LogP contribution is -2.38. The lowest BCUT2D eigenvalue weighted by molar-refractivity contribution is -0.138. The zero-order chi connectivity index (χ0) is 16.7. The highest BCUT2D eigenvalue weighted by molar-refractivity contribution is 9.10. The highest BCUT2D eigenvalue weighted by atomic mass is 79.9. The number of halogens is 1. The SMILES string of the molecule is O=C(O)C1Cc2cc(Br)ccc2N1Cc1cccc2ccccc12. The molecule has 0 spiro atoms. The molecule has 1 aliphatic rings. The molecule has 3 aromatic carbocycles. The van der Waals surface area contributed by atoms with Gasteiger partial charge in [0.05, 0.1) is 0 Å². The summed E-state index contributed by atoms with van der Waals surface area (Å²) >= 11 is 3.48. The highest BCUT2D eigenvalue weighted by Crippen LogP contribution is 2.36. The van der Waals surface area contributed by atoms with E-state index in [1.54, 1.807) is 0 Å². The molecule has 24 heavy (non-hydrogen) atoms. The standard InChI is InChI=1S/C20H16BrNO2/c21-16-8-9-18-15(10-16)11-19(20(23)24)22(18)12-14-6-3-5-13-4-1-2-7-17(13)14/h1-10,19H,11-12H2,(H,23,24). The van der Waals surface area contributed by atoms with E-state index < -0.39 is 12.0 Å². The summed E-state index contributed by atoms with van der Waals surface area (Å²) in [7, 11) is 0. The molecule has 0 saturated heterocycles. The molecule has 4 rings (SSSR count). The third-order valence-corrected chi connectivity index (χ3v) is 5.14. The van der Waals surface area contributed by atoms with Gasteiger partial charge in [-0.15, -0.1) is 0 Å². The molecule has 0 aromatic heterocycles. The Bertz CT molecular complexity index is 933. The molecule has 1 aliphatic heterocycles. The third-order valence-electron chi connectivity index (χ3n) is 4.65. The monoisotopic (exact) mass is 381 g/mol. The number of fused-ring (bicyclic) bond motifs is 2. The van der Waals surface area contributed by atoms with Gasteiger partial charge in [-0.2, -0.15) is 0 Å². The maximum Gasteiger partial charge on any atom is 0.326 e. The second-order valence-corrected chi connectivity index (χ2v) is 7.01. The Kier molecular flexibility index (Phi) is 3.77. The van der Waals surface area contributed by atoms with Crippen LogP contribution in [-0.4, -0.2) is 17.1 Å². The molecule has 4 heteroatoms. The molecule has 1 N–H and O–H groups in total. The number of carboxylic acid groups (broad SMARTS) is 1. The minimum absolute atomic E-state index is 0.520. The fourth-order valence-corrected chi connectivity index (χ4v) is 3.92. The normalized spacial score (nSPS) is 16.4. The first-order valence-corrected chi connectivity index (χ1v) is 8.67. The van der Waals surface area contributed by atoms with Crippen molar-refractivity contribution in [3.8, 4) is 0 Å². The molecule has 3 aromatic rings. The molecule has 0 radical (unpaired) electrons. The Hall–Kier alpha value is -2.33. The second kappa shape index (κ2) is 5.95. The number of aliphatic carboxylic acids is 1. The van der Waals surface area contributed by atoms with Crippen molar-refractivity contribution in [3.63, 3.8) is 0 Å². The number of hydrogen-bond donors (Lipinski definition) is 1. The van der Waals surface area contributed by atoms with Crippen molar-refractivity contribution in [2.24, 2.45) is 0 Å². The van der Waals surface area contributed by atoms with Crippen LogP contribution in [0.15, 0.2) is 65.1 Å². The Morgan fingerprint density at radius 1 is 1.12 bits per heavy atom. The van der Waals surface area contributed by atoms with Gasteiger partial charge in [-0.05, 0) is 40.1 Å². The Morgan fingerprint density at radius 3 is 2.75 bits per heavy atom. The number of hydrogen-bond acceptors (Lipinski definition) is 2. The van der Waals surface area contributed by atoms with Crippen LogP contribution in [0, 0.1) is 0 Å². The van der Waals surface area contributed by atoms with Gasteiger partial charge in [0.15, 0.2) is 0 Å². The van der Waals surface area contributed by atoms with E-state index in [1.165, 1.54) is 10.8 Å². The van der Waals surface area contributed by atoms with Gasteiger partial charge in [0.2, 0.25) is 0 Å². The molecule has 3 nitrogen and oxygen atoms in total. The molecule has 0 bridgehead atoms. The highest BCUT2D eigenvalue weighted by Gasteiger charge is 2.34. The van der Waals surface area contributed by atoms with Crippen molar-refractivity contribution >= 4 is 38.4 Å². The van der Waals surface area contributed by atoms with Crippen LogP contribution in [0.5, 0.6) is 0 Å². The minimum Gasteiger partial charge on any atom is -0.480 e. The average molecular weight is 382 g/mol. The third kappa shape index (κ3) is 2.57. The number of carbonyl (C=O) groups is 1. The van der Waals surface area contributed by atoms with E-state index in [1.807, 2.05) is 41.3 Å². The number of nitrogens with zero attached hydrogens (tertiary/aromatic N) is 1. The minimum atomic E-state index is -0.775. The van der Waals surface area contributed by atoms with Crippen molar-refractivity contribution in [2.45, 2.75) is 19.0 Å². The van der Waals surface area contributed by atoms with E-state index in [0.29, 0.717) is 13.0 Å². The van der Waals surface area contributed by atoms with Gasteiger partial charge in [-0.1, -0.05) is 58.4 Å². The van der Waals surface area contributed by atoms with Crippen molar-refractivity contribution < 1.29 is 9.90 Å². The Labute approximate surface area is 148 Å². The second-order valence-electron chi connectivity index (χ2n) is 6.10.